The zero-order valence-corrected chi connectivity index (χ0v) is 17.1. The van der Waals surface area contributed by atoms with Crippen molar-refractivity contribution in [1.29, 1.82) is 0 Å². The predicted octanol–water partition coefficient (Wildman–Crippen LogP) is 3.31. The van der Waals surface area contributed by atoms with Crippen LogP contribution in [-0.4, -0.2) is 40.6 Å². The Bertz CT molecular complexity index is 841. The molecule has 29 heavy (non-hydrogen) atoms. The van der Waals surface area contributed by atoms with Gasteiger partial charge < -0.3 is 26.4 Å². The minimum Gasteiger partial charge on any atom is -0.495 e. The molecule has 0 bridgehead atoms. The fraction of sp³-hybridized carbons (Fsp3) is 0.474. The molecule has 0 radical (unpaired) electrons. The first-order valence-electron chi connectivity index (χ1n) is 9.69. The highest BCUT2D eigenvalue weighted by Gasteiger charge is 2.15. The number of nitrogens with one attached hydrogen (secondary N) is 3. The Hall–Kier alpha value is -2.81. The monoisotopic (exact) mass is 419 g/mol. The lowest BCUT2D eigenvalue weighted by Gasteiger charge is -2.17. The maximum absolute atomic E-state index is 11.1. The van der Waals surface area contributed by atoms with Crippen LogP contribution < -0.4 is 26.4 Å². The molecule has 0 saturated heterocycles. The second-order valence-electron chi connectivity index (χ2n) is 6.93. The molecule has 1 aliphatic rings. The van der Waals surface area contributed by atoms with Crippen LogP contribution in [0, 0.1) is 0 Å². The molecule has 0 aliphatic heterocycles. The van der Waals surface area contributed by atoms with Gasteiger partial charge in [0.25, 0.3) is 0 Å². The van der Waals surface area contributed by atoms with E-state index in [4.69, 9.17) is 22.1 Å². The Labute approximate surface area is 174 Å². The second kappa shape index (κ2) is 10.1. The largest absolute Gasteiger partial charge is 0.495 e. The number of nitrogens with two attached hydrogens (primary N) is 1. The predicted molar refractivity (Wildman–Crippen MR) is 114 cm³/mol. The normalized spacial score (nSPS) is 14.7. The number of nitrogens with zero attached hydrogens (tertiary/aromatic N) is 3. The standard InChI is InChI=1S/C19H26ClN7O2/c1-29-15-9-8-13(10-14(15)20)24-19-26-17(22-11-16(21)28)25-18(27-19)23-12-6-4-2-3-5-7-12/h8-10,12H,2-7,11H2,1H3,(H2,21,28)(H3,22,23,24,25,26,27). The van der Waals surface area contributed by atoms with E-state index in [0.717, 1.165) is 12.8 Å². The van der Waals surface area contributed by atoms with E-state index in [-0.39, 0.29) is 12.5 Å². The van der Waals surface area contributed by atoms with Crippen LogP contribution in [0.1, 0.15) is 38.5 Å². The average molecular weight is 420 g/mol. The molecule has 156 valence electrons. The lowest BCUT2D eigenvalue weighted by molar-refractivity contribution is -0.116. The molecule has 1 aromatic carbocycles. The smallest absolute Gasteiger partial charge is 0.236 e. The molecular weight excluding hydrogens is 394 g/mol. The summed E-state index contributed by atoms with van der Waals surface area (Å²) in [6, 6.07) is 5.60. The van der Waals surface area contributed by atoms with Gasteiger partial charge in [-0.2, -0.15) is 15.0 Å². The van der Waals surface area contributed by atoms with Gasteiger partial charge in [0, 0.05) is 11.7 Å². The molecule has 1 aliphatic carbocycles. The number of anilines is 4. The van der Waals surface area contributed by atoms with Crippen LogP contribution in [0.3, 0.4) is 0 Å². The van der Waals surface area contributed by atoms with Gasteiger partial charge in [-0.25, -0.2) is 0 Å². The average Bonchev–Trinajstić information content (AvgIpc) is 2.95. The minimum absolute atomic E-state index is 0.0688. The van der Waals surface area contributed by atoms with Crippen molar-refractivity contribution in [3.63, 3.8) is 0 Å². The molecule has 1 saturated carbocycles. The second-order valence-corrected chi connectivity index (χ2v) is 7.34. The summed E-state index contributed by atoms with van der Waals surface area (Å²) < 4.78 is 5.17. The Kier molecular flexibility index (Phi) is 7.29. The molecule has 9 nitrogen and oxygen atoms in total. The molecule has 1 aromatic heterocycles. The van der Waals surface area contributed by atoms with Gasteiger partial charge in [0.15, 0.2) is 0 Å². The molecule has 1 fully saturated rings. The van der Waals surface area contributed by atoms with Gasteiger partial charge in [0.05, 0.1) is 18.7 Å². The quantitative estimate of drug-likeness (QED) is 0.480. The van der Waals surface area contributed by atoms with Crippen molar-refractivity contribution in [3.8, 4) is 5.75 Å². The van der Waals surface area contributed by atoms with E-state index in [0.29, 0.717) is 34.4 Å². The fourth-order valence-corrected chi connectivity index (χ4v) is 3.48. The van der Waals surface area contributed by atoms with E-state index in [1.165, 1.54) is 25.7 Å². The Morgan fingerprint density at radius 3 is 2.48 bits per heavy atom. The zero-order chi connectivity index (χ0) is 20.6. The lowest BCUT2D eigenvalue weighted by Crippen LogP contribution is -2.24. The first-order valence-corrected chi connectivity index (χ1v) is 10.1. The summed E-state index contributed by atoms with van der Waals surface area (Å²) in [4.78, 5) is 24.3. The number of primary amides is 1. The van der Waals surface area contributed by atoms with E-state index < -0.39 is 5.91 Å². The van der Waals surface area contributed by atoms with Crippen molar-refractivity contribution in [2.24, 2.45) is 5.73 Å². The SMILES string of the molecule is COc1ccc(Nc2nc(NCC(N)=O)nc(NC3CCCCCC3)n2)cc1Cl. The van der Waals surface area contributed by atoms with Crippen molar-refractivity contribution < 1.29 is 9.53 Å². The van der Waals surface area contributed by atoms with Crippen LogP contribution in [0.15, 0.2) is 18.2 Å². The van der Waals surface area contributed by atoms with Crippen molar-refractivity contribution in [3.05, 3.63) is 23.2 Å². The number of hydrogen-bond acceptors (Lipinski definition) is 8. The summed E-state index contributed by atoms with van der Waals surface area (Å²) in [5.74, 6) is 1.11. The molecule has 0 atom stereocenters. The Morgan fingerprint density at radius 2 is 1.83 bits per heavy atom. The third-order valence-electron chi connectivity index (χ3n) is 4.65. The summed E-state index contributed by atoms with van der Waals surface area (Å²) >= 11 is 6.19. The minimum atomic E-state index is -0.500. The number of hydrogen-bond donors (Lipinski definition) is 4. The van der Waals surface area contributed by atoms with Crippen LogP contribution in [-0.2, 0) is 4.79 Å². The molecule has 5 N–H and O–H groups in total. The van der Waals surface area contributed by atoms with Crippen molar-refractivity contribution >= 4 is 41.0 Å². The molecule has 3 rings (SSSR count). The molecule has 1 amide bonds. The van der Waals surface area contributed by atoms with E-state index >= 15 is 0 Å². The van der Waals surface area contributed by atoms with Gasteiger partial charge in [0.2, 0.25) is 23.8 Å². The van der Waals surface area contributed by atoms with Crippen LogP contribution in [0.5, 0.6) is 5.75 Å². The number of carbonyl (C=O) groups is 1. The van der Waals surface area contributed by atoms with E-state index in [1.54, 1.807) is 19.2 Å². The molecule has 1 heterocycles. The summed E-state index contributed by atoms with van der Waals surface area (Å²) in [6.45, 7) is -0.0688. The van der Waals surface area contributed by atoms with Gasteiger partial charge in [-0.15, -0.1) is 0 Å². The number of benzene rings is 1. The topological polar surface area (TPSA) is 127 Å². The summed E-state index contributed by atoms with van der Waals surface area (Å²) in [6.07, 6.45) is 7.03. The number of aromatic nitrogens is 3. The van der Waals surface area contributed by atoms with Crippen LogP contribution >= 0.6 is 11.6 Å². The number of carbonyl (C=O) groups excluding carboxylic acids is 1. The zero-order valence-electron chi connectivity index (χ0n) is 16.4. The van der Waals surface area contributed by atoms with Crippen LogP contribution in [0.25, 0.3) is 0 Å². The Balaban J connectivity index is 1.81. The first kappa shape index (κ1) is 20.9. The first-order chi connectivity index (χ1) is 14.0. The summed E-state index contributed by atoms with van der Waals surface area (Å²) in [5, 5.41) is 9.81. The van der Waals surface area contributed by atoms with E-state index in [9.17, 15) is 4.79 Å². The number of ether oxygens (including phenoxy) is 1. The maximum Gasteiger partial charge on any atom is 0.236 e. The number of rotatable bonds is 8. The van der Waals surface area contributed by atoms with Gasteiger partial charge in [0.1, 0.15) is 5.75 Å². The van der Waals surface area contributed by atoms with Gasteiger partial charge in [-0.1, -0.05) is 37.3 Å². The van der Waals surface area contributed by atoms with Crippen molar-refractivity contribution in [2.75, 3.05) is 29.6 Å². The number of halogens is 1. The third-order valence-corrected chi connectivity index (χ3v) is 4.95. The Morgan fingerprint density at radius 1 is 1.14 bits per heavy atom. The highest BCUT2D eigenvalue weighted by Crippen LogP contribution is 2.28. The number of methoxy groups -OCH3 is 1. The molecular formula is C19H26ClN7O2. The summed E-state index contributed by atoms with van der Waals surface area (Å²) in [7, 11) is 1.56. The fourth-order valence-electron chi connectivity index (χ4n) is 3.22. The van der Waals surface area contributed by atoms with Gasteiger partial charge in [-0.3, -0.25) is 4.79 Å². The highest BCUT2D eigenvalue weighted by atomic mass is 35.5. The van der Waals surface area contributed by atoms with Crippen molar-refractivity contribution in [2.45, 2.75) is 44.6 Å². The van der Waals surface area contributed by atoms with Gasteiger partial charge in [-0.05, 0) is 31.0 Å². The van der Waals surface area contributed by atoms with Crippen LogP contribution in [0.4, 0.5) is 23.5 Å². The maximum atomic E-state index is 11.1. The molecule has 0 unspecified atom stereocenters. The molecule has 10 heteroatoms. The molecule has 0 spiro atoms. The highest BCUT2D eigenvalue weighted by molar-refractivity contribution is 6.32. The van der Waals surface area contributed by atoms with E-state index in [2.05, 4.69) is 30.9 Å². The lowest BCUT2D eigenvalue weighted by atomic mass is 10.1. The van der Waals surface area contributed by atoms with Crippen molar-refractivity contribution in [1.82, 2.24) is 15.0 Å². The van der Waals surface area contributed by atoms with Gasteiger partial charge >= 0.3 is 0 Å². The summed E-state index contributed by atoms with van der Waals surface area (Å²) in [5.41, 5.74) is 5.92. The number of amides is 1. The van der Waals surface area contributed by atoms with Crippen LogP contribution in [0.2, 0.25) is 5.02 Å². The van der Waals surface area contributed by atoms with E-state index in [1.807, 2.05) is 6.07 Å². The third kappa shape index (κ3) is 6.35. The molecule has 2 aromatic rings.